The maximum Gasteiger partial charge on any atom is 0.0807 e. The summed E-state index contributed by atoms with van der Waals surface area (Å²) in [5.74, 6) is 0. The van der Waals surface area contributed by atoms with Crippen molar-refractivity contribution in [1.82, 2.24) is 0 Å². The zero-order valence-corrected chi connectivity index (χ0v) is 8.13. The number of aliphatic hydroxyl groups is 1. The van der Waals surface area contributed by atoms with Gasteiger partial charge in [-0.05, 0) is 46.0 Å². The number of hydrogen-bond acceptors (Lipinski definition) is 2. The van der Waals surface area contributed by atoms with Gasteiger partial charge in [-0.3, -0.25) is 0 Å². The molecule has 0 aromatic heterocycles. The maximum absolute atomic E-state index is 9.60. The lowest BCUT2D eigenvalue weighted by molar-refractivity contribution is 0.179. The predicted molar refractivity (Wildman–Crippen MR) is 51.8 cm³/mol. The number of hydrogen-bond donors (Lipinski definition) is 2. The van der Waals surface area contributed by atoms with Crippen LogP contribution in [0.2, 0.25) is 0 Å². The van der Waals surface area contributed by atoms with Crippen LogP contribution in [0.15, 0.2) is 16.6 Å². The smallest absolute Gasteiger partial charge is 0.0807 e. The van der Waals surface area contributed by atoms with E-state index in [-0.39, 0.29) is 6.10 Å². The highest BCUT2D eigenvalue weighted by atomic mass is 79.9. The summed E-state index contributed by atoms with van der Waals surface area (Å²) in [5, 5.41) is 9.60. The van der Waals surface area contributed by atoms with Crippen LogP contribution in [0.25, 0.3) is 0 Å². The Balaban J connectivity index is 2.63. The fourth-order valence-corrected chi connectivity index (χ4v) is 2.32. The van der Waals surface area contributed by atoms with E-state index in [1.165, 1.54) is 5.56 Å². The highest BCUT2D eigenvalue weighted by molar-refractivity contribution is 9.10. The standard InChI is InChI=1S/C9H10BrNO/c10-9-6(11)3-1-5-2-4-7(12)8(5)9/h1,3,7,12H,2,4,11H2. The van der Waals surface area contributed by atoms with Gasteiger partial charge in [-0.15, -0.1) is 0 Å². The van der Waals surface area contributed by atoms with E-state index >= 15 is 0 Å². The Bertz CT molecular complexity index is 325. The van der Waals surface area contributed by atoms with Gasteiger partial charge in [0.05, 0.1) is 6.10 Å². The molecule has 1 aliphatic carbocycles. The third-order valence-electron chi connectivity index (χ3n) is 2.32. The number of rotatable bonds is 0. The molecule has 1 aliphatic rings. The van der Waals surface area contributed by atoms with Crippen LogP contribution in [0, 0.1) is 0 Å². The minimum absolute atomic E-state index is 0.335. The van der Waals surface area contributed by atoms with Crippen molar-refractivity contribution in [3.05, 3.63) is 27.7 Å². The Morgan fingerprint density at radius 3 is 3.00 bits per heavy atom. The van der Waals surface area contributed by atoms with E-state index in [4.69, 9.17) is 5.73 Å². The van der Waals surface area contributed by atoms with Crippen LogP contribution in [0.1, 0.15) is 23.7 Å². The van der Waals surface area contributed by atoms with Crippen molar-refractivity contribution in [1.29, 1.82) is 0 Å². The quantitative estimate of drug-likeness (QED) is 0.667. The molecule has 2 rings (SSSR count). The van der Waals surface area contributed by atoms with E-state index in [1.807, 2.05) is 12.1 Å². The summed E-state index contributed by atoms with van der Waals surface area (Å²) in [6.07, 6.45) is 1.44. The summed E-state index contributed by atoms with van der Waals surface area (Å²) in [6, 6.07) is 3.87. The second kappa shape index (κ2) is 2.75. The molecule has 1 atom stereocenters. The van der Waals surface area contributed by atoms with Crippen molar-refractivity contribution in [2.45, 2.75) is 18.9 Å². The van der Waals surface area contributed by atoms with Crippen molar-refractivity contribution < 1.29 is 5.11 Å². The topological polar surface area (TPSA) is 46.2 Å². The average molecular weight is 228 g/mol. The first-order valence-corrected chi connectivity index (χ1v) is 4.74. The van der Waals surface area contributed by atoms with Crippen LogP contribution in [-0.2, 0) is 6.42 Å². The van der Waals surface area contributed by atoms with Crippen LogP contribution in [0.3, 0.4) is 0 Å². The van der Waals surface area contributed by atoms with Gasteiger partial charge in [0.1, 0.15) is 0 Å². The largest absolute Gasteiger partial charge is 0.398 e. The van der Waals surface area contributed by atoms with Gasteiger partial charge in [-0.25, -0.2) is 0 Å². The lowest BCUT2D eigenvalue weighted by atomic mass is 10.1. The minimum Gasteiger partial charge on any atom is -0.398 e. The van der Waals surface area contributed by atoms with Crippen LogP contribution in [-0.4, -0.2) is 5.11 Å². The van der Waals surface area contributed by atoms with E-state index in [9.17, 15) is 5.11 Å². The first kappa shape index (κ1) is 8.08. The molecule has 0 fully saturated rings. The molecule has 12 heavy (non-hydrogen) atoms. The van der Waals surface area contributed by atoms with Gasteiger partial charge in [0, 0.05) is 10.2 Å². The van der Waals surface area contributed by atoms with Crippen LogP contribution in [0.4, 0.5) is 5.69 Å². The Hall–Kier alpha value is -0.540. The van der Waals surface area contributed by atoms with Crippen LogP contribution in [0.5, 0.6) is 0 Å². The van der Waals surface area contributed by atoms with Gasteiger partial charge >= 0.3 is 0 Å². The van der Waals surface area contributed by atoms with Gasteiger partial charge in [0.25, 0.3) is 0 Å². The number of aryl methyl sites for hydroxylation is 1. The van der Waals surface area contributed by atoms with Crippen molar-refractivity contribution in [2.24, 2.45) is 0 Å². The van der Waals surface area contributed by atoms with Crippen LogP contribution >= 0.6 is 15.9 Å². The highest BCUT2D eigenvalue weighted by Gasteiger charge is 2.23. The van der Waals surface area contributed by atoms with E-state index in [1.54, 1.807) is 0 Å². The average Bonchev–Trinajstić information content (AvgIpc) is 2.41. The molecule has 0 saturated heterocycles. The monoisotopic (exact) mass is 227 g/mol. The van der Waals surface area contributed by atoms with Gasteiger partial charge < -0.3 is 10.8 Å². The molecule has 0 bridgehead atoms. The Kier molecular flexibility index (Phi) is 1.85. The number of halogens is 1. The molecule has 0 heterocycles. The molecule has 1 unspecified atom stereocenters. The Morgan fingerprint density at radius 1 is 1.50 bits per heavy atom. The SMILES string of the molecule is Nc1ccc2c(c1Br)C(O)CC2. The first-order chi connectivity index (χ1) is 5.70. The first-order valence-electron chi connectivity index (χ1n) is 3.95. The third kappa shape index (κ3) is 1.04. The molecule has 1 aromatic carbocycles. The zero-order valence-electron chi connectivity index (χ0n) is 6.55. The molecule has 0 saturated carbocycles. The molecule has 1 aromatic rings. The van der Waals surface area contributed by atoms with E-state index in [2.05, 4.69) is 15.9 Å². The molecule has 3 heteroatoms. The van der Waals surface area contributed by atoms with Crippen molar-refractivity contribution in [2.75, 3.05) is 5.73 Å². The van der Waals surface area contributed by atoms with Gasteiger partial charge in [-0.2, -0.15) is 0 Å². The number of nitrogen functional groups attached to an aromatic ring is 1. The summed E-state index contributed by atoms with van der Waals surface area (Å²) in [4.78, 5) is 0. The molecule has 0 amide bonds. The number of aliphatic hydroxyl groups excluding tert-OH is 1. The summed E-state index contributed by atoms with van der Waals surface area (Å²) in [7, 11) is 0. The lowest BCUT2D eigenvalue weighted by Gasteiger charge is -2.08. The molecule has 3 N–H and O–H groups in total. The summed E-state index contributed by atoms with van der Waals surface area (Å²) < 4.78 is 0.866. The predicted octanol–water partition coefficient (Wildman–Crippen LogP) is 2.01. The van der Waals surface area contributed by atoms with Gasteiger partial charge in [-0.1, -0.05) is 6.07 Å². The molecule has 0 aliphatic heterocycles. The molecule has 0 spiro atoms. The minimum atomic E-state index is -0.335. The van der Waals surface area contributed by atoms with Gasteiger partial charge in [0.2, 0.25) is 0 Å². The fraction of sp³-hybridized carbons (Fsp3) is 0.333. The van der Waals surface area contributed by atoms with Crippen molar-refractivity contribution in [3.8, 4) is 0 Å². The summed E-state index contributed by atoms with van der Waals surface area (Å²) in [6.45, 7) is 0. The number of benzene rings is 1. The van der Waals surface area contributed by atoms with E-state index < -0.39 is 0 Å². The maximum atomic E-state index is 9.60. The second-order valence-corrected chi connectivity index (χ2v) is 3.89. The van der Waals surface area contributed by atoms with Gasteiger partial charge in [0.15, 0.2) is 0 Å². The zero-order chi connectivity index (χ0) is 8.72. The number of anilines is 1. The Morgan fingerprint density at radius 2 is 2.25 bits per heavy atom. The molecule has 0 radical (unpaired) electrons. The number of fused-ring (bicyclic) bond motifs is 1. The molecule has 2 nitrogen and oxygen atoms in total. The lowest BCUT2D eigenvalue weighted by Crippen LogP contribution is -1.95. The van der Waals surface area contributed by atoms with E-state index in [0.717, 1.165) is 22.9 Å². The highest BCUT2D eigenvalue weighted by Crippen LogP contribution is 2.39. The normalized spacial score (nSPS) is 21.0. The Labute approximate surface area is 79.5 Å². The molecular weight excluding hydrogens is 218 g/mol. The van der Waals surface area contributed by atoms with Crippen molar-refractivity contribution in [3.63, 3.8) is 0 Å². The van der Waals surface area contributed by atoms with Crippen LogP contribution < -0.4 is 5.73 Å². The summed E-state index contributed by atoms with van der Waals surface area (Å²) >= 11 is 3.39. The molecular formula is C9H10BrNO. The third-order valence-corrected chi connectivity index (χ3v) is 3.21. The number of nitrogens with two attached hydrogens (primary N) is 1. The van der Waals surface area contributed by atoms with E-state index in [0.29, 0.717) is 5.69 Å². The fourth-order valence-electron chi connectivity index (χ4n) is 1.66. The second-order valence-electron chi connectivity index (χ2n) is 3.10. The molecule has 64 valence electrons. The van der Waals surface area contributed by atoms with Crippen molar-refractivity contribution >= 4 is 21.6 Å². The summed E-state index contributed by atoms with van der Waals surface area (Å²) in [5.41, 5.74) is 8.59.